The molecule has 1 aliphatic rings. The lowest BCUT2D eigenvalue weighted by Gasteiger charge is -1.96. The maximum Gasteiger partial charge on any atom is 0.363 e. The first-order valence-electron chi connectivity index (χ1n) is 4.40. The molecule has 4 heteroatoms. The molecular weight excluding hydrogens is 258 g/mol. The van der Waals surface area contributed by atoms with Crippen LogP contribution in [0.1, 0.15) is 12.5 Å². The predicted octanol–water partition coefficient (Wildman–Crippen LogP) is 2.77. The summed E-state index contributed by atoms with van der Waals surface area (Å²) in [4.78, 5) is 15.3. The van der Waals surface area contributed by atoms with Crippen LogP contribution in [0, 0.1) is 0 Å². The van der Waals surface area contributed by atoms with Gasteiger partial charge in [0.1, 0.15) is 0 Å². The highest BCUT2D eigenvalue weighted by Gasteiger charge is 2.19. The predicted molar refractivity (Wildman–Crippen MR) is 61.3 cm³/mol. The van der Waals surface area contributed by atoms with Crippen molar-refractivity contribution in [3.63, 3.8) is 0 Å². The van der Waals surface area contributed by atoms with Crippen LogP contribution in [0.25, 0.3) is 6.08 Å². The first-order valence-corrected chi connectivity index (χ1v) is 5.20. The molecule has 0 aliphatic carbocycles. The first kappa shape index (κ1) is 10.1. The molecule has 76 valence electrons. The van der Waals surface area contributed by atoms with Crippen LogP contribution in [0.3, 0.4) is 0 Å². The summed E-state index contributed by atoms with van der Waals surface area (Å²) < 4.78 is 5.73. The van der Waals surface area contributed by atoms with E-state index in [-0.39, 0.29) is 0 Å². The second-order valence-corrected chi connectivity index (χ2v) is 3.93. The maximum absolute atomic E-state index is 11.3. The van der Waals surface area contributed by atoms with Gasteiger partial charge in [0.15, 0.2) is 11.6 Å². The van der Waals surface area contributed by atoms with Crippen LogP contribution in [0.4, 0.5) is 0 Å². The number of cyclic esters (lactones) is 1. The van der Waals surface area contributed by atoms with E-state index in [9.17, 15) is 4.79 Å². The molecule has 0 unspecified atom stereocenters. The lowest BCUT2D eigenvalue weighted by Crippen LogP contribution is -1.99. The summed E-state index contributed by atoms with van der Waals surface area (Å²) in [6, 6.07) is 7.61. The number of nitrogens with zero attached hydrogens (tertiary/aromatic N) is 1. The van der Waals surface area contributed by atoms with Gasteiger partial charge in [-0.3, -0.25) is 0 Å². The van der Waals surface area contributed by atoms with Gasteiger partial charge in [-0.2, -0.15) is 0 Å². The van der Waals surface area contributed by atoms with Gasteiger partial charge in [-0.25, -0.2) is 9.79 Å². The number of aliphatic imine (C=N–C) groups is 1. The van der Waals surface area contributed by atoms with Crippen molar-refractivity contribution in [1.29, 1.82) is 0 Å². The van der Waals surface area contributed by atoms with Gasteiger partial charge in [0.25, 0.3) is 0 Å². The molecule has 0 fully saturated rings. The summed E-state index contributed by atoms with van der Waals surface area (Å²) in [5, 5.41) is 0. The fraction of sp³-hybridized carbons (Fsp3) is 0.0909. The van der Waals surface area contributed by atoms with Crippen molar-refractivity contribution < 1.29 is 9.53 Å². The highest BCUT2D eigenvalue weighted by Crippen LogP contribution is 2.21. The van der Waals surface area contributed by atoms with Crippen LogP contribution in [0.5, 0.6) is 0 Å². The fourth-order valence-corrected chi connectivity index (χ4v) is 1.65. The smallest absolute Gasteiger partial charge is 0.363 e. The first-order chi connectivity index (χ1) is 7.16. The van der Waals surface area contributed by atoms with Gasteiger partial charge < -0.3 is 4.74 Å². The van der Waals surface area contributed by atoms with E-state index in [1.807, 2.05) is 24.3 Å². The summed E-state index contributed by atoms with van der Waals surface area (Å²) in [5.74, 6) is -0.0124. The second-order valence-electron chi connectivity index (χ2n) is 3.07. The molecule has 15 heavy (non-hydrogen) atoms. The number of carbonyl (C=O) groups excluding carboxylic acids is 1. The Hall–Kier alpha value is -1.42. The van der Waals surface area contributed by atoms with E-state index in [1.165, 1.54) is 0 Å². The highest BCUT2D eigenvalue weighted by atomic mass is 79.9. The topological polar surface area (TPSA) is 38.7 Å². The number of ether oxygens (including phenoxy) is 1. The molecule has 0 saturated carbocycles. The van der Waals surface area contributed by atoms with Crippen molar-refractivity contribution in [3.8, 4) is 0 Å². The van der Waals surface area contributed by atoms with E-state index in [0.29, 0.717) is 11.6 Å². The number of hydrogen-bond acceptors (Lipinski definition) is 3. The van der Waals surface area contributed by atoms with Crippen molar-refractivity contribution in [2.75, 3.05) is 0 Å². The standard InChI is InChI=1S/C11H8BrNO2/c1-7-13-10(11(14)15-7)6-8-4-2-3-5-9(8)12/h2-6H,1H3. The summed E-state index contributed by atoms with van der Waals surface area (Å²) in [6.07, 6.45) is 1.70. The van der Waals surface area contributed by atoms with Gasteiger partial charge in [-0.1, -0.05) is 34.1 Å². The van der Waals surface area contributed by atoms with Gasteiger partial charge in [0.2, 0.25) is 0 Å². The van der Waals surface area contributed by atoms with Crippen molar-refractivity contribution in [3.05, 3.63) is 40.0 Å². The molecule has 0 radical (unpaired) electrons. The maximum atomic E-state index is 11.3. The molecule has 0 atom stereocenters. The second kappa shape index (κ2) is 3.98. The zero-order valence-corrected chi connectivity index (χ0v) is 9.61. The molecule has 1 aliphatic heterocycles. The Kier molecular flexibility index (Phi) is 2.68. The molecular formula is C11H8BrNO2. The minimum Gasteiger partial charge on any atom is -0.407 e. The normalized spacial score (nSPS) is 17.9. The van der Waals surface area contributed by atoms with E-state index in [2.05, 4.69) is 20.9 Å². The van der Waals surface area contributed by atoms with Crippen molar-refractivity contribution >= 4 is 33.9 Å². The monoisotopic (exact) mass is 265 g/mol. The van der Waals surface area contributed by atoms with E-state index >= 15 is 0 Å². The SMILES string of the molecule is CC1=NC(=Cc2ccccc2Br)C(=O)O1. The Morgan fingerprint density at radius 1 is 1.40 bits per heavy atom. The molecule has 1 aromatic carbocycles. The van der Waals surface area contributed by atoms with E-state index in [4.69, 9.17) is 4.74 Å². The number of benzene rings is 1. The van der Waals surface area contributed by atoms with Crippen LogP contribution in [0.2, 0.25) is 0 Å². The molecule has 1 aromatic rings. The van der Waals surface area contributed by atoms with Crippen molar-refractivity contribution in [2.45, 2.75) is 6.92 Å². The van der Waals surface area contributed by atoms with Gasteiger partial charge >= 0.3 is 5.97 Å². The quantitative estimate of drug-likeness (QED) is 0.579. The number of hydrogen-bond donors (Lipinski definition) is 0. The average molecular weight is 266 g/mol. The minimum absolute atomic E-state index is 0.333. The lowest BCUT2D eigenvalue weighted by atomic mass is 10.2. The molecule has 0 amide bonds. The Labute approximate surface area is 95.6 Å². The molecule has 3 nitrogen and oxygen atoms in total. The summed E-state index contributed by atoms with van der Waals surface area (Å²) in [7, 11) is 0. The number of carbonyl (C=O) groups is 1. The number of halogens is 1. The zero-order chi connectivity index (χ0) is 10.8. The molecule has 1 heterocycles. The van der Waals surface area contributed by atoms with Gasteiger partial charge in [-0.15, -0.1) is 0 Å². The van der Waals surface area contributed by atoms with Gasteiger partial charge in [0, 0.05) is 11.4 Å². The van der Waals surface area contributed by atoms with Crippen LogP contribution >= 0.6 is 15.9 Å². The fourth-order valence-electron chi connectivity index (χ4n) is 1.26. The summed E-state index contributed by atoms with van der Waals surface area (Å²) in [5.41, 5.74) is 1.24. The number of rotatable bonds is 1. The molecule has 0 N–H and O–H groups in total. The summed E-state index contributed by atoms with van der Waals surface area (Å²) >= 11 is 3.39. The van der Waals surface area contributed by atoms with E-state index in [1.54, 1.807) is 13.0 Å². The van der Waals surface area contributed by atoms with E-state index in [0.717, 1.165) is 10.0 Å². The van der Waals surface area contributed by atoms with Gasteiger partial charge in [-0.05, 0) is 17.7 Å². The third-order valence-electron chi connectivity index (χ3n) is 1.92. The van der Waals surface area contributed by atoms with Crippen molar-refractivity contribution in [2.24, 2.45) is 4.99 Å². The number of esters is 1. The van der Waals surface area contributed by atoms with Crippen LogP contribution in [-0.4, -0.2) is 11.9 Å². The molecule has 0 aromatic heterocycles. The summed E-state index contributed by atoms with van der Waals surface area (Å²) in [6.45, 7) is 1.65. The van der Waals surface area contributed by atoms with Crippen LogP contribution < -0.4 is 0 Å². The van der Waals surface area contributed by atoms with Crippen LogP contribution in [-0.2, 0) is 9.53 Å². The van der Waals surface area contributed by atoms with Gasteiger partial charge in [0.05, 0.1) is 0 Å². The van der Waals surface area contributed by atoms with E-state index < -0.39 is 5.97 Å². The van der Waals surface area contributed by atoms with Crippen LogP contribution in [0.15, 0.2) is 39.4 Å². The average Bonchev–Trinajstić information content (AvgIpc) is 2.49. The zero-order valence-electron chi connectivity index (χ0n) is 8.03. The molecule has 0 bridgehead atoms. The Balaban J connectivity index is 2.39. The Morgan fingerprint density at radius 3 is 2.73 bits per heavy atom. The minimum atomic E-state index is -0.400. The highest BCUT2D eigenvalue weighted by molar-refractivity contribution is 9.10. The third kappa shape index (κ3) is 2.15. The van der Waals surface area contributed by atoms with Crippen molar-refractivity contribution in [1.82, 2.24) is 0 Å². The molecule has 0 saturated heterocycles. The Bertz CT molecular complexity index is 477. The molecule has 2 rings (SSSR count). The largest absolute Gasteiger partial charge is 0.407 e. The molecule has 0 spiro atoms. The lowest BCUT2D eigenvalue weighted by molar-refractivity contribution is -0.130. The Morgan fingerprint density at radius 2 is 2.13 bits per heavy atom. The third-order valence-corrected chi connectivity index (χ3v) is 2.65.